The third-order valence-corrected chi connectivity index (χ3v) is 3.79. The van der Waals surface area contributed by atoms with Crippen LogP contribution < -0.4 is 5.73 Å². The first-order valence-corrected chi connectivity index (χ1v) is 8.39. The summed E-state index contributed by atoms with van der Waals surface area (Å²) in [6.07, 6.45) is 0.908. The van der Waals surface area contributed by atoms with Gasteiger partial charge in [-0.1, -0.05) is 32.4 Å². The van der Waals surface area contributed by atoms with Gasteiger partial charge in [0, 0.05) is 9.13 Å². The van der Waals surface area contributed by atoms with Gasteiger partial charge in [-0.05, 0) is 41.1 Å². The predicted molar refractivity (Wildman–Crippen MR) is 91.8 cm³/mol. The highest BCUT2D eigenvalue weighted by Gasteiger charge is 2.21. The Kier molecular flexibility index (Phi) is 8.40. The first-order chi connectivity index (χ1) is 10.4. The number of nitrogens with two attached hydrogens (primary N) is 1. The molecule has 0 bridgehead atoms. The quantitative estimate of drug-likeness (QED) is 0.303. The summed E-state index contributed by atoms with van der Waals surface area (Å²) in [5, 5.41) is 0. The highest BCUT2D eigenvalue weighted by atomic mass is 127. The van der Waals surface area contributed by atoms with E-state index in [2.05, 4.69) is 22.6 Å². The summed E-state index contributed by atoms with van der Waals surface area (Å²) in [4.78, 5) is 23.5. The summed E-state index contributed by atoms with van der Waals surface area (Å²) in [6.45, 7) is 4.05. The molecule has 1 rings (SSSR count). The Bertz CT molecular complexity index is 489. The molecule has 22 heavy (non-hydrogen) atoms. The number of halogens is 1. The van der Waals surface area contributed by atoms with Crippen LogP contribution in [0.25, 0.3) is 0 Å². The minimum absolute atomic E-state index is 0.0387. The average molecular weight is 419 g/mol. The molecule has 1 aromatic rings. The van der Waals surface area contributed by atoms with Crippen molar-refractivity contribution >= 4 is 34.5 Å². The van der Waals surface area contributed by atoms with E-state index in [9.17, 15) is 9.59 Å². The summed E-state index contributed by atoms with van der Waals surface area (Å²) < 4.78 is 11.3. The molecule has 0 radical (unpaired) electrons. The summed E-state index contributed by atoms with van der Waals surface area (Å²) in [6, 6.07) is 7.39. The van der Waals surface area contributed by atoms with E-state index in [0.29, 0.717) is 12.2 Å². The summed E-state index contributed by atoms with van der Waals surface area (Å²) >= 11 is 2.18. The molecule has 2 N–H and O–H groups in total. The van der Waals surface area contributed by atoms with Crippen LogP contribution in [0.1, 0.15) is 44.9 Å². The van der Waals surface area contributed by atoms with Crippen LogP contribution in [0.5, 0.6) is 0 Å². The molecule has 0 heterocycles. The van der Waals surface area contributed by atoms with E-state index in [1.165, 1.54) is 0 Å². The van der Waals surface area contributed by atoms with Gasteiger partial charge in [-0.3, -0.25) is 15.3 Å². The number of carbonyl (C=O) groups is 2. The van der Waals surface area contributed by atoms with Crippen molar-refractivity contribution in [3.05, 3.63) is 33.4 Å². The maximum atomic E-state index is 11.8. The Morgan fingerprint density at radius 3 is 2.50 bits per heavy atom. The number of carbonyl (C=O) groups excluding carboxylic acids is 2. The Labute approximate surface area is 144 Å². The van der Waals surface area contributed by atoms with Crippen LogP contribution in [0.3, 0.4) is 0 Å². The first kappa shape index (κ1) is 18.9. The van der Waals surface area contributed by atoms with E-state index < -0.39 is 18.1 Å². The topological polar surface area (TPSA) is 78.6 Å². The molecule has 122 valence electrons. The van der Waals surface area contributed by atoms with Crippen molar-refractivity contribution in [3.63, 3.8) is 0 Å². The van der Waals surface area contributed by atoms with Gasteiger partial charge in [-0.2, -0.15) is 0 Å². The summed E-state index contributed by atoms with van der Waals surface area (Å²) in [7, 11) is 0. The Morgan fingerprint density at radius 2 is 1.91 bits per heavy atom. The van der Waals surface area contributed by atoms with Gasteiger partial charge in [0.1, 0.15) is 0 Å². The molecule has 0 aromatic heterocycles. The molecule has 2 atom stereocenters. The molecule has 0 amide bonds. The first-order valence-electron chi connectivity index (χ1n) is 7.31. The van der Waals surface area contributed by atoms with E-state index in [1.54, 1.807) is 6.92 Å². The lowest BCUT2D eigenvalue weighted by Gasteiger charge is -2.15. The van der Waals surface area contributed by atoms with Gasteiger partial charge in [-0.25, -0.2) is 0 Å². The van der Waals surface area contributed by atoms with Crippen molar-refractivity contribution < 1.29 is 19.1 Å². The number of hydrogen-bond acceptors (Lipinski definition) is 5. The van der Waals surface area contributed by atoms with Crippen molar-refractivity contribution in [1.82, 2.24) is 0 Å². The molecule has 0 aliphatic rings. The van der Waals surface area contributed by atoms with E-state index in [1.807, 2.05) is 31.2 Å². The highest BCUT2D eigenvalue weighted by molar-refractivity contribution is 14.1. The standard InChI is InChI=1S/C16H22INO4/c1-3-4-9-21-16(20)11(2)10-14(19)22-15(18)12-5-7-13(17)8-6-12/h5-8,11,15H,3-4,9-10,18H2,1-2H3. The largest absolute Gasteiger partial charge is 0.465 e. The van der Waals surface area contributed by atoms with Gasteiger partial charge in [0.25, 0.3) is 0 Å². The van der Waals surface area contributed by atoms with Crippen molar-refractivity contribution in [3.8, 4) is 0 Å². The van der Waals surface area contributed by atoms with E-state index in [0.717, 1.165) is 16.4 Å². The van der Waals surface area contributed by atoms with Gasteiger partial charge in [0.15, 0.2) is 6.23 Å². The van der Waals surface area contributed by atoms with Crippen LogP contribution in [0.2, 0.25) is 0 Å². The molecule has 1 aromatic carbocycles. The molecular formula is C16H22INO4. The number of hydrogen-bond donors (Lipinski definition) is 1. The molecule has 0 saturated carbocycles. The molecule has 6 heteroatoms. The number of rotatable bonds is 8. The van der Waals surface area contributed by atoms with E-state index >= 15 is 0 Å². The van der Waals surface area contributed by atoms with E-state index in [-0.39, 0.29) is 12.4 Å². The average Bonchev–Trinajstić information content (AvgIpc) is 2.47. The monoisotopic (exact) mass is 419 g/mol. The number of benzene rings is 1. The number of unbranched alkanes of at least 4 members (excludes halogenated alkanes) is 1. The lowest BCUT2D eigenvalue weighted by Crippen LogP contribution is -2.23. The predicted octanol–water partition coefficient (Wildman–Crippen LogP) is 3.16. The lowest BCUT2D eigenvalue weighted by molar-refractivity contribution is -0.157. The second kappa shape index (κ2) is 9.78. The van der Waals surface area contributed by atoms with Gasteiger partial charge in [0.05, 0.1) is 18.9 Å². The molecule has 0 spiro atoms. The summed E-state index contributed by atoms with van der Waals surface area (Å²) in [5.41, 5.74) is 6.55. The SMILES string of the molecule is CCCCOC(=O)C(C)CC(=O)OC(N)c1ccc(I)cc1. The fourth-order valence-corrected chi connectivity index (χ4v) is 2.06. The minimum Gasteiger partial charge on any atom is -0.465 e. The fraction of sp³-hybridized carbons (Fsp3) is 0.500. The second-order valence-electron chi connectivity index (χ2n) is 5.09. The zero-order valence-electron chi connectivity index (χ0n) is 12.9. The Morgan fingerprint density at radius 1 is 1.27 bits per heavy atom. The fourth-order valence-electron chi connectivity index (χ4n) is 1.70. The zero-order valence-corrected chi connectivity index (χ0v) is 15.0. The van der Waals surface area contributed by atoms with Crippen molar-refractivity contribution in [2.75, 3.05) is 6.61 Å². The Balaban J connectivity index is 2.41. The maximum Gasteiger partial charge on any atom is 0.309 e. The maximum absolute atomic E-state index is 11.8. The van der Waals surface area contributed by atoms with Crippen LogP contribution in [-0.4, -0.2) is 18.5 Å². The van der Waals surface area contributed by atoms with Crippen LogP contribution in [0, 0.1) is 9.49 Å². The normalized spacial score (nSPS) is 13.3. The summed E-state index contributed by atoms with van der Waals surface area (Å²) in [5.74, 6) is -1.42. The smallest absolute Gasteiger partial charge is 0.309 e. The minimum atomic E-state index is -0.826. The van der Waals surface area contributed by atoms with Crippen molar-refractivity contribution in [2.45, 2.75) is 39.3 Å². The Hall–Kier alpha value is -1.15. The van der Waals surface area contributed by atoms with Crippen LogP contribution in [0.4, 0.5) is 0 Å². The van der Waals surface area contributed by atoms with Crippen molar-refractivity contribution in [1.29, 1.82) is 0 Å². The van der Waals surface area contributed by atoms with E-state index in [4.69, 9.17) is 15.2 Å². The highest BCUT2D eigenvalue weighted by Crippen LogP contribution is 2.16. The molecule has 0 fully saturated rings. The van der Waals surface area contributed by atoms with Crippen LogP contribution >= 0.6 is 22.6 Å². The van der Waals surface area contributed by atoms with Crippen LogP contribution in [-0.2, 0) is 19.1 Å². The van der Waals surface area contributed by atoms with Gasteiger partial charge >= 0.3 is 11.9 Å². The molecule has 0 aliphatic carbocycles. The van der Waals surface area contributed by atoms with Gasteiger partial charge < -0.3 is 9.47 Å². The lowest BCUT2D eigenvalue weighted by atomic mass is 10.1. The van der Waals surface area contributed by atoms with Gasteiger partial charge in [-0.15, -0.1) is 0 Å². The molecule has 2 unspecified atom stereocenters. The third-order valence-electron chi connectivity index (χ3n) is 3.07. The zero-order chi connectivity index (χ0) is 16.5. The van der Waals surface area contributed by atoms with Crippen molar-refractivity contribution in [2.24, 2.45) is 11.7 Å². The van der Waals surface area contributed by atoms with Crippen LogP contribution in [0.15, 0.2) is 24.3 Å². The molecular weight excluding hydrogens is 397 g/mol. The number of ether oxygens (including phenoxy) is 2. The molecule has 0 aliphatic heterocycles. The second-order valence-corrected chi connectivity index (χ2v) is 6.33. The number of esters is 2. The third kappa shape index (κ3) is 6.74. The van der Waals surface area contributed by atoms with Gasteiger partial charge in [0.2, 0.25) is 0 Å². The molecule has 5 nitrogen and oxygen atoms in total. The molecule has 0 saturated heterocycles.